The van der Waals surface area contributed by atoms with Gasteiger partial charge in [0.15, 0.2) is 0 Å². The first-order chi connectivity index (χ1) is 7.66. The number of ketones is 1. The van der Waals surface area contributed by atoms with Crippen LogP contribution in [0.3, 0.4) is 0 Å². The molecule has 1 aliphatic rings. The van der Waals surface area contributed by atoms with Crippen molar-refractivity contribution in [3.63, 3.8) is 0 Å². The quantitative estimate of drug-likeness (QED) is 0.779. The van der Waals surface area contributed by atoms with Gasteiger partial charge in [0.05, 0.1) is 0 Å². The number of nitrogens with zero attached hydrogens (tertiary/aromatic N) is 1. The summed E-state index contributed by atoms with van der Waals surface area (Å²) in [6, 6.07) is 3.99. The summed E-state index contributed by atoms with van der Waals surface area (Å²) in [6.45, 7) is 4.20. The van der Waals surface area contributed by atoms with Gasteiger partial charge >= 0.3 is 0 Å². The Bertz CT molecular complexity index is 369. The minimum Gasteiger partial charge on any atom is -0.299 e. The maximum absolute atomic E-state index is 12.1. The third-order valence-electron chi connectivity index (χ3n) is 3.60. The first-order valence-corrected chi connectivity index (χ1v) is 6.11. The molecule has 2 unspecified atom stereocenters. The Morgan fingerprint density at radius 2 is 2.25 bits per heavy atom. The van der Waals surface area contributed by atoms with E-state index in [1.807, 2.05) is 25.3 Å². The molecule has 2 rings (SSSR count). The number of carbonyl (C=O) groups is 1. The number of aryl methyl sites for hydroxylation is 1. The Morgan fingerprint density at radius 3 is 2.81 bits per heavy atom. The van der Waals surface area contributed by atoms with E-state index < -0.39 is 0 Å². The van der Waals surface area contributed by atoms with E-state index in [1.165, 1.54) is 12.8 Å². The maximum Gasteiger partial charge on any atom is 0.142 e. The monoisotopic (exact) mass is 217 g/mol. The summed E-state index contributed by atoms with van der Waals surface area (Å²) in [7, 11) is 0. The van der Waals surface area contributed by atoms with Gasteiger partial charge in [0.25, 0.3) is 0 Å². The van der Waals surface area contributed by atoms with Gasteiger partial charge < -0.3 is 0 Å². The summed E-state index contributed by atoms with van der Waals surface area (Å²) < 4.78 is 0. The number of Topliss-reactive ketones (excluding diaryl/α,β-unsaturated/α-hetero) is 1. The molecule has 0 aliphatic heterocycles. The molecule has 0 aromatic carbocycles. The van der Waals surface area contributed by atoms with Crippen LogP contribution in [-0.4, -0.2) is 10.8 Å². The molecule has 0 saturated heterocycles. The summed E-state index contributed by atoms with van der Waals surface area (Å²) in [5, 5.41) is 0. The van der Waals surface area contributed by atoms with E-state index in [0.29, 0.717) is 18.1 Å². The summed E-state index contributed by atoms with van der Waals surface area (Å²) in [6.07, 6.45) is 5.83. The highest BCUT2D eigenvalue weighted by atomic mass is 16.1. The zero-order valence-corrected chi connectivity index (χ0v) is 10.1. The van der Waals surface area contributed by atoms with E-state index in [-0.39, 0.29) is 5.92 Å². The normalized spacial score (nSPS) is 24.6. The van der Waals surface area contributed by atoms with Crippen LogP contribution < -0.4 is 0 Å². The third-order valence-corrected chi connectivity index (χ3v) is 3.60. The second-order valence-electron chi connectivity index (χ2n) is 4.98. The van der Waals surface area contributed by atoms with Crippen molar-refractivity contribution in [3.05, 3.63) is 29.6 Å². The van der Waals surface area contributed by atoms with Crippen molar-refractivity contribution >= 4 is 5.78 Å². The molecule has 0 radical (unpaired) electrons. The largest absolute Gasteiger partial charge is 0.299 e. The molecule has 1 aromatic heterocycles. The fourth-order valence-electron chi connectivity index (χ4n) is 2.54. The molecule has 0 N–H and O–H groups in total. The number of hydrogen-bond acceptors (Lipinski definition) is 2. The van der Waals surface area contributed by atoms with Crippen molar-refractivity contribution in [1.82, 2.24) is 4.98 Å². The summed E-state index contributed by atoms with van der Waals surface area (Å²) in [4.78, 5) is 16.4. The Hall–Kier alpha value is -1.18. The zero-order valence-electron chi connectivity index (χ0n) is 10.1. The van der Waals surface area contributed by atoms with Gasteiger partial charge in [-0.25, -0.2) is 0 Å². The molecule has 0 bridgehead atoms. The molecule has 1 saturated carbocycles. The maximum atomic E-state index is 12.1. The lowest BCUT2D eigenvalue weighted by Crippen LogP contribution is -2.19. The minimum atomic E-state index is 0.281. The Kier molecular flexibility index (Phi) is 3.37. The van der Waals surface area contributed by atoms with Crippen LogP contribution in [0.5, 0.6) is 0 Å². The fraction of sp³-hybridized carbons (Fsp3) is 0.571. The molecule has 0 spiro atoms. The summed E-state index contributed by atoms with van der Waals surface area (Å²) in [5.74, 6) is 1.22. The first-order valence-electron chi connectivity index (χ1n) is 6.11. The van der Waals surface area contributed by atoms with Crippen LogP contribution in [0.1, 0.15) is 37.4 Å². The van der Waals surface area contributed by atoms with Crippen LogP contribution in [0.15, 0.2) is 18.3 Å². The standard InChI is InChI=1S/C14H19NO/c1-10-6-7-12(15-9-10)8-14(16)13-5-3-4-11(13)2/h6-7,9,11,13H,3-5,8H2,1-2H3. The van der Waals surface area contributed by atoms with Gasteiger partial charge in [0, 0.05) is 24.2 Å². The Balaban J connectivity index is 1.99. The molecule has 0 amide bonds. The lowest BCUT2D eigenvalue weighted by Gasteiger charge is -2.13. The molecular weight excluding hydrogens is 198 g/mol. The van der Waals surface area contributed by atoms with Crippen LogP contribution in [0, 0.1) is 18.8 Å². The van der Waals surface area contributed by atoms with E-state index in [1.54, 1.807) is 0 Å². The predicted octanol–water partition coefficient (Wildman–Crippen LogP) is 2.94. The Labute approximate surface area is 97.1 Å². The molecular formula is C14H19NO. The van der Waals surface area contributed by atoms with E-state index in [4.69, 9.17) is 0 Å². The van der Waals surface area contributed by atoms with E-state index in [9.17, 15) is 4.79 Å². The predicted molar refractivity (Wildman–Crippen MR) is 64.2 cm³/mol. The Morgan fingerprint density at radius 1 is 1.44 bits per heavy atom. The van der Waals surface area contributed by atoms with Crippen LogP contribution in [-0.2, 0) is 11.2 Å². The number of carbonyl (C=O) groups excluding carboxylic acids is 1. The molecule has 1 heterocycles. The van der Waals surface area contributed by atoms with Crippen LogP contribution >= 0.6 is 0 Å². The van der Waals surface area contributed by atoms with Gasteiger partial charge in [-0.1, -0.05) is 19.4 Å². The topological polar surface area (TPSA) is 30.0 Å². The van der Waals surface area contributed by atoms with Gasteiger partial charge in [0.2, 0.25) is 0 Å². The third kappa shape index (κ3) is 2.49. The average Bonchev–Trinajstić information content (AvgIpc) is 2.68. The molecule has 1 aromatic rings. The molecule has 2 nitrogen and oxygen atoms in total. The lowest BCUT2D eigenvalue weighted by atomic mass is 9.91. The van der Waals surface area contributed by atoms with E-state index in [0.717, 1.165) is 17.7 Å². The number of pyridine rings is 1. The van der Waals surface area contributed by atoms with Gasteiger partial charge in [-0.2, -0.15) is 0 Å². The average molecular weight is 217 g/mol. The number of rotatable bonds is 3. The second kappa shape index (κ2) is 4.77. The highest BCUT2D eigenvalue weighted by Crippen LogP contribution is 2.32. The molecule has 16 heavy (non-hydrogen) atoms. The second-order valence-corrected chi connectivity index (χ2v) is 4.98. The van der Waals surface area contributed by atoms with Crippen LogP contribution in [0.4, 0.5) is 0 Å². The molecule has 1 fully saturated rings. The van der Waals surface area contributed by atoms with Gasteiger partial charge in [-0.3, -0.25) is 9.78 Å². The van der Waals surface area contributed by atoms with Crippen LogP contribution in [0.2, 0.25) is 0 Å². The van der Waals surface area contributed by atoms with E-state index in [2.05, 4.69) is 11.9 Å². The number of hydrogen-bond donors (Lipinski definition) is 0. The van der Waals surface area contributed by atoms with Gasteiger partial charge in [-0.05, 0) is 37.3 Å². The summed E-state index contributed by atoms with van der Waals surface area (Å²) in [5.41, 5.74) is 2.06. The first kappa shape index (κ1) is 11.3. The molecule has 2 atom stereocenters. The van der Waals surface area contributed by atoms with Crippen molar-refractivity contribution in [3.8, 4) is 0 Å². The smallest absolute Gasteiger partial charge is 0.142 e. The summed E-state index contributed by atoms with van der Waals surface area (Å²) >= 11 is 0. The minimum absolute atomic E-state index is 0.281. The SMILES string of the molecule is Cc1ccc(CC(=O)C2CCCC2C)nc1. The van der Waals surface area contributed by atoms with Crippen LogP contribution in [0.25, 0.3) is 0 Å². The number of aromatic nitrogens is 1. The fourth-order valence-corrected chi connectivity index (χ4v) is 2.54. The molecule has 86 valence electrons. The van der Waals surface area contributed by atoms with E-state index >= 15 is 0 Å². The zero-order chi connectivity index (χ0) is 11.5. The van der Waals surface area contributed by atoms with Crippen molar-refractivity contribution in [1.29, 1.82) is 0 Å². The molecule has 1 aliphatic carbocycles. The van der Waals surface area contributed by atoms with Crippen molar-refractivity contribution in [2.75, 3.05) is 0 Å². The van der Waals surface area contributed by atoms with Gasteiger partial charge in [0.1, 0.15) is 5.78 Å². The van der Waals surface area contributed by atoms with Crippen molar-refractivity contribution < 1.29 is 4.79 Å². The highest BCUT2D eigenvalue weighted by Gasteiger charge is 2.29. The molecule has 2 heteroatoms. The van der Waals surface area contributed by atoms with Gasteiger partial charge in [-0.15, -0.1) is 0 Å². The van der Waals surface area contributed by atoms with Crippen molar-refractivity contribution in [2.24, 2.45) is 11.8 Å². The highest BCUT2D eigenvalue weighted by molar-refractivity contribution is 5.83. The van der Waals surface area contributed by atoms with Crippen molar-refractivity contribution in [2.45, 2.75) is 39.5 Å². The lowest BCUT2D eigenvalue weighted by molar-refractivity contribution is -0.123.